The SMILES string of the molecule is NC(N)=C/C=C(\N)c1ccc2c(c1)CNC[C@H]2c1ccc2ccccc2c1. The average Bonchev–Trinajstić information content (AvgIpc) is 2.70. The Balaban J connectivity index is 1.70. The molecule has 0 aliphatic carbocycles. The van der Waals surface area contributed by atoms with Crippen molar-refractivity contribution in [2.45, 2.75) is 12.5 Å². The third-order valence-corrected chi connectivity index (χ3v) is 5.15. The predicted octanol–water partition coefficient (Wildman–Crippen LogP) is 3.13. The van der Waals surface area contributed by atoms with E-state index in [4.69, 9.17) is 17.2 Å². The van der Waals surface area contributed by atoms with Gasteiger partial charge >= 0.3 is 0 Å². The van der Waals surface area contributed by atoms with E-state index in [0.29, 0.717) is 11.6 Å². The second-order valence-electron chi connectivity index (χ2n) is 6.99. The van der Waals surface area contributed by atoms with Crippen molar-refractivity contribution >= 4 is 16.5 Å². The van der Waals surface area contributed by atoms with Crippen LogP contribution in [0.1, 0.15) is 28.2 Å². The normalized spacial score (nSPS) is 16.7. The summed E-state index contributed by atoms with van der Waals surface area (Å²) < 4.78 is 0. The van der Waals surface area contributed by atoms with Crippen LogP contribution >= 0.6 is 0 Å². The van der Waals surface area contributed by atoms with E-state index in [-0.39, 0.29) is 5.82 Å². The van der Waals surface area contributed by atoms with Gasteiger partial charge in [0, 0.05) is 24.7 Å². The number of rotatable bonds is 3. The number of benzene rings is 3. The van der Waals surface area contributed by atoms with Gasteiger partial charge in [-0.3, -0.25) is 0 Å². The summed E-state index contributed by atoms with van der Waals surface area (Å²) in [7, 11) is 0. The Morgan fingerprint density at radius 3 is 2.52 bits per heavy atom. The van der Waals surface area contributed by atoms with E-state index in [2.05, 4.69) is 66.0 Å². The zero-order valence-electron chi connectivity index (χ0n) is 15.2. The average molecular weight is 356 g/mol. The van der Waals surface area contributed by atoms with E-state index < -0.39 is 0 Å². The maximum absolute atomic E-state index is 6.17. The first kappa shape index (κ1) is 17.2. The van der Waals surface area contributed by atoms with Crippen LogP contribution in [0.3, 0.4) is 0 Å². The standard InChI is InChI=1S/C23H24N4/c24-22(9-10-23(25)26)18-7-8-20-19(12-18)13-27-14-21(20)17-6-5-15-3-1-2-4-16(15)11-17/h1-12,21,27H,13-14,24-26H2/b22-9-/t21-/m0/s1. The number of hydrogen-bond donors (Lipinski definition) is 4. The zero-order valence-corrected chi connectivity index (χ0v) is 15.2. The van der Waals surface area contributed by atoms with Gasteiger partial charge in [-0.15, -0.1) is 0 Å². The second-order valence-corrected chi connectivity index (χ2v) is 6.99. The van der Waals surface area contributed by atoms with Crippen LogP contribution in [0.15, 0.2) is 78.6 Å². The van der Waals surface area contributed by atoms with Gasteiger partial charge in [-0.2, -0.15) is 0 Å². The van der Waals surface area contributed by atoms with Gasteiger partial charge in [-0.25, -0.2) is 0 Å². The van der Waals surface area contributed by atoms with Crippen molar-refractivity contribution in [1.29, 1.82) is 0 Å². The lowest BCUT2D eigenvalue weighted by Crippen LogP contribution is -2.29. The lowest BCUT2D eigenvalue weighted by molar-refractivity contribution is 0.591. The lowest BCUT2D eigenvalue weighted by atomic mass is 9.84. The van der Waals surface area contributed by atoms with E-state index in [9.17, 15) is 0 Å². The highest BCUT2D eigenvalue weighted by molar-refractivity contribution is 5.83. The molecule has 1 atom stereocenters. The number of hydrogen-bond acceptors (Lipinski definition) is 4. The molecule has 0 saturated heterocycles. The minimum Gasteiger partial charge on any atom is -0.398 e. The van der Waals surface area contributed by atoms with Gasteiger partial charge in [0.05, 0.1) is 5.82 Å². The van der Waals surface area contributed by atoms with Gasteiger partial charge in [0.25, 0.3) is 0 Å². The molecule has 136 valence electrons. The topological polar surface area (TPSA) is 90.1 Å². The number of fused-ring (bicyclic) bond motifs is 2. The van der Waals surface area contributed by atoms with Crippen LogP contribution in [0.25, 0.3) is 16.5 Å². The Labute approximate surface area is 159 Å². The molecule has 4 rings (SSSR count). The van der Waals surface area contributed by atoms with E-state index in [1.807, 2.05) is 0 Å². The highest BCUT2D eigenvalue weighted by atomic mass is 14.9. The second kappa shape index (κ2) is 7.17. The van der Waals surface area contributed by atoms with Crippen LogP contribution in [-0.4, -0.2) is 6.54 Å². The van der Waals surface area contributed by atoms with Crippen molar-refractivity contribution < 1.29 is 0 Å². The van der Waals surface area contributed by atoms with E-state index in [1.165, 1.54) is 27.5 Å². The molecular formula is C23H24N4. The molecule has 0 aromatic heterocycles. The Hall–Kier alpha value is -3.24. The van der Waals surface area contributed by atoms with Crippen LogP contribution in [0.4, 0.5) is 0 Å². The molecule has 0 bridgehead atoms. The first-order valence-corrected chi connectivity index (χ1v) is 9.13. The monoisotopic (exact) mass is 356 g/mol. The van der Waals surface area contributed by atoms with Gasteiger partial charge in [-0.1, -0.05) is 54.6 Å². The summed E-state index contributed by atoms with van der Waals surface area (Å²) in [6, 6.07) is 21.6. The Morgan fingerprint density at radius 2 is 1.70 bits per heavy atom. The van der Waals surface area contributed by atoms with Crippen LogP contribution in [0, 0.1) is 0 Å². The fourth-order valence-corrected chi connectivity index (χ4v) is 3.74. The fourth-order valence-electron chi connectivity index (χ4n) is 3.74. The Morgan fingerprint density at radius 1 is 0.889 bits per heavy atom. The fraction of sp³-hybridized carbons (Fsp3) is 0.130. The predicted molar refractivity (Wildman–Crippen MR) is 113 cm³/mol. The summed E-state index contributed by atoms with van der Waals surface area (Å²) in [4.78, 5) is 0. The largest absolute Gasteiger partial charge is 0.398 e. The number of nitrogens with one attached hydrogen (secondary N) is 1. The van der Waals surface area contributed by atoms with Crippen molar-refractivity contribution in [3.63, 3.8) is 0 Å². The molecule has 0 fully saturated rings. The molecule has 0 unspecified atom stereocenters. The molecule has 4 heteroatoms. The maximum Gasteiger partial charge on any atom is 0.0934 e. The van der Waals surface area contributed by atoms with E-state index in [1.54, 1.807) is 12.2 Å². The summed E-state index contributed by atoms with van der Waals surface area (Å²) in [5, 5.41) is 6.09. The van der Waals surface area contributed by atoms with Crippen molar-refractivity contribution in [2.24, 2.45) is 17.2 Å². The summed E-state index contributed by atoms with van der Waals surface area (Å²) in [5.74, 6) is 0.575. The Bertz CT molecular complexity index is 1050. The molecule has 1 aliphatic heterocycles. The van der Waals surface area contributed by atoms with Crippen molar-refractivity contribution in [3.05, 3.63) is 101 Å². The molecule has 0 saturated carbocycles. The maximum atomic E-state index is 6.17. The molecule has 1 aliphatic rings. The highest BCUT2D eigenvalue weighted by Crippen LogP contribution is 2.33. The molecule has 1 heterocycles. The summed E-state index contributed by atoms with van der Waals surface area (Å²) >= 11 is 0. The van der Waals surface area contributed by atoms with Crippen molar-refractivity contribution in [3.8, 4) is 0 Å². The van der Waals surface area contributed by atoms with Gasteiger partial charge < -0.3 is 22.5 Å². The van der Waals surface area contributed by atoms with E-state index >= 15 is 0 Å². The highest BCUT2D eigenvalue weighted by Gasteiger charge is 2.22. The number of nitrogens with two attached hydrogens (primary N) is 3. The third kappa shape index (κ3) is 3.52. The molecule has 3 aromatic rings. The first-order valence-electron chi connectivity index (χ1n) is 9.13. The molecular weight excluding hydrogens is 332 g/mol. The van der Waals surface area contributed by atoms with Gasteiger partial charge in [0.1, 0.15) is 0 Å². The molecule has 0 radical (unpaired) electrons. The van der Waals surface area contributed by atoms with E-state index in [0.717, 1.165) is 18.7 Å². The van der Waals surface area contributed by atoms with Crippen LogP contribution in [0.5, 0.6) is 0 Å². The lowest BCUT2D eigenvalue weighted by Gasteiger charge is -2.27. The minimum absolute atomic E-state index is 0.244. The summed E-state index contributed by atoms with van der Waals surface area (Å²) in [6.07, 6.45) is 3.36. The first-order chi connectivity index (χ1) is 13.1. The summed E-state index contributed by atoms with van der Waals surface area (Å²) in [6.45, 7) is 1.78. The van der Waals surface area contributed by atoms with Gasteiger partial charge in [0.2, 0.25) is 0 Å². The molecule has 4 nitrogen and oxygen atoms in total. The van der Waals surface area contributed by atoms with Crippen LogP contribution in [0.2, 0.25) is 0 Å². The quantitative estimate of drug-likeness (QED) is 0.543. The molecule has 0 amide bonds. The molecule has 7 N–H and O–H groups in total. The smallest absolute Gasteiger partial charge is 0.0934 e. The van der Waals surface area contributed by atoms with Crippen molar-refractivity contribution in [2.75, 3.05) is 6.54 Å². The third-order valence-electron chi connectivity index (χ3n) is 5.15. The van der Waals surface area contributed by atoms with Crippen LogP contribution in [-0.2, 0) is 6.54 Å². The van der Waals surface area contributed by atoms with Crippen molar-refractivity contribution in [1.82, 2.24) is 5.32 Å². The molecule has 3 aromatic carbocycles. The van der Waals surface area contributed by atoms with Gasteiger partial charge in [-0.05, 0) is 51.2 Å². The van der Waals surface area contributed by atoms with Crippen LogP contribution < -0.4 is 22.5 Å². The van der Waals surface area contributed by atoms with Gasteiger partial charge in [0.15, 0.2) is 0 Å². The summed E-state index contributed by atoms with van der Waals surface area (Å²) in [5.41, 5.74) is 22.7. The Kier molecular flexibility index (Phi) is 4.57. The molecule has 27 heavy (non-hydrogen) atoms. The zero-order chi connectivity index (χ0) is 18.8. The minimum atomic E-state index is 0.244. The molecule has 0 spiro atoms. The number of allylic oxidation sites excluding steroid dienone is 2.